The lowest BCUT2D eigenvalue weighted by atomic mass is 10.1. The van der Waals surface area contributed by atoms with Crippen molar-refractivity contribution in [3.05, 3.63) is 23.8 Å². The van der Waals surface area contributed by atoms with E-state index in [0.29, 0.717) is 6.79 Å². The van der Waals surface area contributed by atoms with Gasteiger partial charge in [0.2, 0.25) is 6.79 Å². The van der Waals surface area contributed by atoms with Gasteiger partial charge in [0.25, 0.3) is 0 Å². The average molecular weight is 208 g/mol. The van der Waals surface area contributed by atoms with Crippen molar-refractivity contribution in [2.45, 2.75) is 6.17 Å². The Morgan fingerprint density at radius 1 is 1.27 bits per heavy atom. The second kappa shape index (κ2) is 4.08. The van der Waals surface area contributed by atoms with Gasteiger partial charge in [0.05, 0.1) is 6.17 Å². The fourth-order valence-electron chi connectivity index (χ4n) is 1.81. The van der Waals surface area contributed by atoms with Crippen LogP contribution in [0.2, 0.25) is 0 Å². The molecule has 1 heterocycles. The molecule has 1 aromatic rings. The molecular weight excluding hydrogens is 192 g/mol. The Balaban J connectivity index is 2.28. The monoisotopic (exact) mass is 208 g/mol. The normalized spacial score (nSPS) is 15.7. The van der Waals surface area contributed by atoms with Gasteiger partial charge >= 0.3 is 0 Å². The van der Waals surface area contributed by atoms with Gasteiger partial charge in [-0.05, 0) is 38.8 Å². The molecule has 0 fully saturated rings. The van der Waals surface area contributed by atoms with E-state index in [1.165, 1.54) is 5.56 Å². The van der Waals surface area contributed by atoms with Gasteiger partial charge in [-0.15, -0.1) is 0 Å². The van der Waals surface area contributed by atoms with E-state index in [9.17, 15) is 0 Å². The molecule has 0 aromatic heterocycles. The lowest BCUT2D eigenvalue weighted by molar-refractivity contribution is 0.173. The van der Waals surface area contributed by atoms with Gasteiger partial charge in [0.15, 0.2) is 11.5 Å². The summed E-state index contributed by atoms with van der Waals surface area (Å²) in [4.78, 5) is 2.11. The predicted octanol–water partition coefficient (Wildman–Crippen LogP) is 1.19. The third-order valence-corrected chi connectivity index (χ3v) is 2.50. The number of benzene rings is 1. The van der Waals surface area contributed by atoms with Crippen molar-refractivity contribution in [3.63, 3.8) is 0 Å². The fraction of sp³-hybridized carbons (Fsp3) is 0.455. The first-order valence-corrected chi connectivity index (χ1v) is 4.95. The van der Waals surface area contributed by atoms with E-state index in [1.54, 1.807) is 0 Å². The Bertz CT molecular complexity index is 352. The number of nitrogens with zero attached hydrogens (tertiary/aromatic N) is 1. The third kappa shape index (κ3) is 1.91. The van der Waals surface area contributed by atoms with Crippen molar-refractivity contribution < 1.29 is 9.47 Å². The second-order valence-corrected chi connectivity index (χ2v) is 3.77. The lowest BCUT2D eigenvalue weighted by Crippen LogP contribution is -2.30. The van der Waals surface area contributed by atoms with Crippen LogP contribution >= 0.6 is 0 Å². The molecule has 0 aliphatic carbocycles. The van der Waals surface area contributed by atoms with Crippen molar-refractivity contribution in [1.29, 1.82) is 0 Å². The molecule has 1 N–H and O–H groups in total. The van der Waals surface area contributed by atoms with Crippen molar-refractivity contribution in [2.24, 2.45) is 0 Å². The highest BCUT2D eigenvalue weighted by atomic mass is 16.7. The van der Waals surface area contributed by atoms with Crippen LogP contribution in [0.25, 0.3) is 0 Å². The van der Waals surface area contributed by atoms with Crippen molar-refractivity contribution in [1.82, 2.24) is 10.2 Å². The first-order chi connectivity index (χ1) is 7.22. The number of rotatable bonds is 3. The van der Waals surface area contributed by atoms with Crippen LogP contribution in [0.4, 0.5) is 0 Å². The SMILES string of the molecule is CNC(c1ccc2c(c1)OCO2)N(C)C. The number of nitrogens with one attached hydrogen (secondary N) is 1. The Labute approximate surface area is 89.8 Å². The van der Waals surface area contributed by atoms with Gasteiger partial charge in [0, 0.05) is 0 Å². The number of fused-ring (bicyclic) bond motifs is 1. The minimum absolute atomic E-state index is 0.194. The third-order valence-electron chi connectivity index (χ3n) is 2.50. The summed E-state index contributed by atoms with van der Waals surface area (Å²) in [5, 5.41) is 3.24. The molecule has 1 aliphatic heterocycles. The van der Waals surface area contributed by atoms with Crippen LogP contribution < -0.4 is 14.8 Å². The highest BCUT2D eigenvalue weighted by Crippen LogP contribution is 2.34. The summed E-state index contributed by atoms with van der Waals surface area (Å²) in [6.07, 6.45) is 0.194. The fourth-order valence-corrected chi connectivity index (χ4v) is 1.81. The van der Waals surface area contributed by atoms with Gasteiger partial charge in [-0.1, -0.05) is 6.07 Å². The minimum atomic E-state index is 0.194. The Kier molecular flexibility index (Phi) is 2.79. The number of hydrogen-bond acceptors (Lipinski definition) is 4. The molecule has 1 atom stereocenters. The van der Waals surface area contributed by atoms with Crippen LogP contribution in [0.15, 0.2) is 18.2 Å². The lowest BCUT2D eigenvalue weighted by Gasteiger charge is -2.24. The highest BCUT2D eigenvalue weighted by Gasteiger charge is 2.17. The molecule has 4 nitrogen and oxygen atoms in total. The van der Waals surface area contributed by atoms with Gasteiger partial charge in [0.1, 0.15) is 0 Å². The summed E-state index contributed by atoms with van der Waals surface area (Å²) in [5.74, 6) is 1.65. The molecule has 0 spiro atoms. The zero-order valence-corrected chi connectivity index (χ0v) is 9.28. The first kappa shape index (κ1) is 10.3. The molecule has 0 saturated heterocycles. The molecule has 0 bridgehead atoms. The maximum atomic E-state index is 5.34. The smallest absolute Gasteiger partial charge is 0.231 e. The van der Waals surface area contributed by atoms with E-state index in [2.05, 4.69) is 16.3 Å². The second-order valence-electron chi connectivity index (χ2n) is 3.77. The van der Waals surface area contributed by atoms with E-state index in [1.807, 2.05) is 33.3 Å². The Hall–Kier alpha value is -1.26. The van der Waals surface area contributed by atoms with Gasteiger partial charge in [-0.25, -0.2) is 0 Å². The van der Waals surface area contributed by atoms with E-state index in [-0.39, 0.29) is 6.17 Å². The van der Waals surface area contributed by atoms with Crippen LogP contribution in [-0.4, -0.2) is 32.8 Å². The standard InChI is InChI=1S/C11H16N2O2/c1-12-11(13(2)3)8-4-5-9-10(6-8)15-7-14-9/h4-6,11-12H,7H2,1-3H3. The van der Waals surface area contributed by atoms with Crippen molar-refractivity contribution >= 4 is 0 Å². The summed E-state index contributed by atoms with van der Waals surface area (Å²) in [7, 11) is 6.01. The molecule has 2 rings (SSSR count). The zero-order valence-electron chi connectivity index (χ0n) is 9.28. The van der Waals surface area contributed by atoms with E-state index in [0.717, 1.165) is 11.5 Å². The maximum absolute atomic E-state index is 5.34. The summed E-state index contributed by atoms with van der Waals surface area (Å²) in [6.45, 7) is 0.324. The molecule has 1 aliphatic rings. The van der Waals surface area contributed by atoms with E-state index < -0.39 is 0 Å². The highest BCUT2D eigenvalue weighted by molar-refractivity contribution is 5.45. The molecule has 0 amide bonds. The Morgan fingerprint density at radius 2 is 2.00 bits per heavy atom. The molecule has 15 heavy (non-hydrogen) atoms. The first-order valence-electron chi connectivity index (χ1n) is 4.95. The van der Waals surface area contributed by atoms with Crippen LogP contribution in [0.5, 0.6) is 11.5 Å². The summed E-state index contributed by atoms with van der Waals surface area (Å²) < 4.78 is 10.6. The Morgan fingerprint density at radius 3 is 2.67 bits per heavy atom. The quantitative estimate of drug-likeness (QED) is 0.757. The van der Waals surface area contributed by atoms with E-state index in [4.69, 9.17) is 9.47 Å². The number of hydrogen-bond donors (Lipinski definition) is 1. The van der Waals surface area contributed by atoms with Crippen LogP contribution in [0.1, 0.15) is 11.7 Å². The zero-order chi connectivity index (χ0) is 10.8. The van der Waals surface area contributed by atoms with E-state index >= 15 is 0 Å². The van der Waals surface area contributed by atoms with Crippen LogP contribution in [0.3, 0.4) is 0 Å². The maximum Gasteiger partial charge on any atom is 0.231 e. The predicted molar refractivity (Wildman–Crippen MR) is 58.1 cm³/mol. The van der Waals surface area contributed by atoms with Gasteiger partial charge in [-0.2, -0.15) is 0 Å². The summed E-state index contributed by atoms with van der Waals surface area (Å²) in [5.41, 5.74) is 1.17. The number of ether oxygens (including phenoxy) is 2. The molecule has 1 unspecified atom stereocenters. The minimum Gasteiger partial charge on any atom is -0.454 e. The summed E-state index contributed by atoms with van der Waals surface area (Å²) >= 11 is 0. The molecule has 4 heteroatoms. The molecule has 0 saturated carbocycles. The molecule has 82 valence electrons. The largest absolute Gasteiger partial charge is 0.454 e. The summed E-state index contributed by atoms with van der Waals surface area (Å²) in [6, 6.07) is 6.02. The van der Waals surface area contributed by atoms with Gasteiger partial charge < -0.3 is 14.8 Å². The average Bonchev–Trinajstić information content (AvgIpc) is 2.65. The topological polar surface area (TPSA) is 33.7 Å². The van der Waals surface area contributed by atoms with Crippen LogP contribution in [-0.2, 0) is 0 Å². The molecule has 0 radical (unpaired) electrons. The molecular formula is C11H16N2O2. The van der Waals surface area contributed by atoms with Gasteiger partial charge in [-0.3, -0.25) is 4.90 Å². The van der Waals surface area contributed by atoms with Crippen molar-refractivity contribution in [2.75, 3.05) is 27.9 Å². The van der Waals surface area contributed by atoms with Crippen molar-refractivity contribution in [3.8, 4) is 11.5 Å². The molecule has 1 aromatic carbocycles. The van der Waals surface area contributed by atoms with Crippen LogP contribution in [0, 0.1) is 0 Å².